The van der Waals surface area contributed by atoms with E-state index < -0.39 is 0 Å². The topological polar surface area (TPSA) is 41.3 Å². The number of furan rings is 1. The van der Waals surface area contributed by atoms with Crippen LogP contribution in [-0.4, -0.2) is 18.6 Å². The van der Waals surface area contributed by atoms with E-state index in [-0.39, 0.29) is 0 Å². The van der Waals surface area contributed by atoms with Crippen LogP contribution in [-0.2, 0) is 13.0 Å². The van der Waals surface area contributed by atoms with E-state index >= 15 is 0 Å². The molecule has 20 heavy (non-hydrogen) atoms. The first-order chi connectivity index (χ1) is 9.81. The molecule has 2 aromatic heterocycles. The number of thiazole rings is 1. The number of aromatic nitrogens is 1. The molecule has 0 bridgehead atoms. The smallest absolute Gasteiger partial charge is 0.186 e. The third-order valence-electron chi connectivity index (χ3n) is 3.87. The lowest BCUT2D eigenvalue weighted by atomic mass is 9.98. The molecule has 0 amide bonds. The minimum Gasteiger partial charge on any atom is -0.467 e. The van der Waals surface area contributed by atoms with Gasteiger partial charge in [0.2, 0.25) is 0 Å². The summed E-state index contributed by atoms with van der Waals surface area (Å²) in [5.74, 6) is 0.991. The molecule has 0 saturated heterocycles. The van der Waals surface area contributed by atoms with Gasteiger partial charge < -0.3 is 14.6 Å². The molecular weight excluding hydrogens is 270 g/mol. The molecule has 4 nitrogen and oxygen atoms in total. The zero-order valence-corrected chi connectivity index (χ0v) is 12.9. The van der Waals surface area contributed by atoms with Gasteiger partial charge in [-0.15, -0.1) is 11.3 Å². The minimum atomic E-state index is 0.422. The Kier molecular flexibility index (Phi) is 4.08. The second kappa shape index (κ2) is 5.97. The van der Waals surface area contributed by atoms with Crippen molar-refractivity contribution in [3.8, 4) is 0 Å². The summed E-state index contributed by atoms with van der Waals surface area (Å²) >= 11 is 1.84. The average molecular weight is 291 g/mol. The van der Waals surface area contributed by atoms with Crippen LogP contribution in [0.5, 0.6) is 0 Å². The summed E-state index contributed by atoms with van der Waals surface area (Å²) in [5.41, 5.74) is 1.26. The normalized spacial score (nSPS) is 18.0. The van der Waals surface area contributed by atoms with Crippen molar-refractivity contribution in [2.75, 3.05) is 18.5 Å². The van der Waals surface area contributed by atoms with Crippen molar-refractivity contribution in [1.82, 2.24) is 10.3 Å². The molecule has 108 valence electrons. The molecule has 0 aromatic carbocycles. The van der Waals surface area contributed by atoms with Crippen LogP contribution < -0.4 is 10.2 Å². The van der Waals surface area contributed by atoms with Crippen molar-refractivity contribution < 1.29 is 4.42 Å². The molecule has 0 radical (unpaired) electrons. The quantitative estimate of drug-likeness (QED) is 0.917. The van der Waals surface area contributed by atoms with Gasteiger partial charge >= 0.3 is 0 Å². The van der Waals surface area contributed by atoms with Gasteiger partial charge in [-0.2, -0.15) is 0 Å². The molecule has 0 aliphatic heterocycles. The maximum Gasteiger partial charge on any atom is 0.186 e. The van der Waals surface area contributed by atoms with Crippen LogP contribution in [0.2, 0.25) is 0 Å². The van der Waals surface area contributed by atoms with Gasteiger partial charge in [-0.25, -0.2) is 4.98 Å². The van der Waals surface area contributed by atoms with Crippen molar-refractivity contribution in [2.45, 2.75) is 38.8 Å². The highest BCUT2D eigenvalue weighted by atomic mass is 32.1. The zero-order valence-electron chi connectivity index (χ0n) is 12.1. The summed E-state index contributed by atoms with van der Waals surface area (Å²) < 4.78 is 5.45. The van der Waals surface area contributed by atoms with Gasteiger partial charge in [0.15, 0.2) is 5.13 Å². The van der Waals surface area contributed by atoms with Gasteiger partial charge in [-0.1, -0.05) is 0 Å². The van der Waals surface area contributed by atoms with E-state index in [0.717, 1.165) is 24.0 Å². The standard InChI is InChI=1S/C15H21N3OS/c1-3-18(10-11-6-5-9-19-11)15-17-14-12(16-2)7-4-8-13(14)20-15/h5-6,9,12,16H,3-4,7-8,10H2,1-2H3. The third kappa shape index (κ3) is 2.60. The van der Waals surface area contributed by atoms with Crippen LogP contribution in [0.25, 0.3) is 0 Å². The minimum absolute atomic E-state index is 0.422. The Morgan fingerprint density at radius 1 is 1.55 bits per heavy atom. The fraction of sp³-hybridized carbons (Fsp3) is 0.533. The molecule has 5 heteroatoms. The van der Waals surface area contributed by atoms with Crippen LogP contribution in [0.3, 0.4) is 0 Å². The third-order valence-corrected chi connectivity index (χ3v) is 5.06. The number of fused-ring (bicyclic) bond motifs is 1. The molecule has 1 aliphatic carbocycles. The summed E-state index contributed by atoms with van der Waals surface area (Å²) in [5, 5.41) is 4.50. The van der Waals surface area contributed by atoms with E-state index in [1.54, 1.807) is 6.26 Å². The summed E-state index contributed by atoms with van der Waals surface area (Å²) in [6, 6.07) is 4.38. The summed E-state index contributed by atoms with van der Waals surface area (Å²) in [6.07, 6.45) is 5.35. The molecule has 1 N–H and O–H groups in total. The maximum absolute atomic E-state index is 5.45. The number of hydrogen-bond donors (Lipinski definition) is 1. The highest BCUT2D eigenvalue weighted by Gasteiger charge is 2.25. The lowest BCUT2D eigenvalue weighted by molar-refractivity contribution is 0.488. The van der Waals surface area contributed by atoms with Crippen LogP contribution in [0.15, 0.2) is 22.8 Å². The lowest BCUT2D eigenvalue weighted by Gasteiger charge is -2.20. The number of nitrogens with zero attached hydrogens (tertiary/aromatic N) is 2. The first kappa shape index (κ1) is 13.6. The summed E-state index contributed by atoms with van der Waals surface area (Å²) in [6.45, 7) is 3.90. The monoisotopic (exact) mass is 291 g/mol. The van der Waals surface area contributed by atoms with E-state index in [0.29, 0.717) is 6.04 Å². The number of anilines is 1. The van der Waals surface area contributed by atoms with Crippen molar-refractivity contribution in [3.05, 3.63) is 34.7 Å². The van der Waals surface area contributed by atoms with E-state index in [1.165, 1.54) is 29.8 Å². The SMILES string of the molecule is CCN(Cc1ccco1)c1nc2c(s1)CCCC2NC. The number of rotatable bonds is 5. The molecule has 1 aliphatic rings. The summed E-state index contributed by atoms with van der Waals surface area (Å²) in [4.78, 5) is 8.63. The highest BCUT2D eigenvalue weighted by Crippen LogP contribution is 2.36. The molecule has 0 fully saturated rings. The van der Waals surface area contributed by atoms with Gasteiger partial charge in [0, 0.05) is 11.4 Å². The van der Waals surface area contributed by atoms with Gasteiger partial charge in [0.25, 0.3) is 0 Å². The molecule has 1 atom stereocenters. The van der Waals surface area contributed by atoms with Crippen molar-refractivity contribution in [3.63, 3.8) is 0 Å². The van der Waals surface area contributed by atoms with Crippen LogP contribution in [0.4, 0.5) is 5.13 Å². The molecule has 2 heterocycles. The second-order valence-electron chi connectivity index (χ2n) is 5.13. The maximum atomic E-state index is 5.45. The number of nitrogens with one attached hydrogen (secondary N) is 1. The highest BCUT2D eigenvalue weighted by molar-refractivity contribution is 7.15. The Bertz CT molecular complexity index is 549. The van der Waals surface area contributed by atoms with Crippen LogP contribution in [0, 0.1) is 0 Å². The van der Waals surface area contributed by atoms with Crippen LogP contribution >= 0.6 is 11.3 Å². The van der Waals surface area contributed by atoms with E-state index in [4.69, 9.17) is 9.40 Å². The molecule has 1 unspecified atom stereocenters. The van der Waals surface area contributed by atoms with Crippen molar-refractivity contribution >= 4 is 16.5 Å². The lowest BCUT2D eigenvalue weighted by Crippen LogP contribution is -2.23. The fourth-order valence-corrected chi connectivity index (χ4v) is 3.95. The molecule has 0 saturated carbocycles. The van der Waals surface area contributed by atoms with E-state index in [9.17, 15) is 0 Å². The van der Waals surface area contributed by atoms with Gasteiger partial charge in [-0.05, 0) is 45.4 Å². The Hall–Kier alpha value is -1.33. The molecule has 0 spiro atoms. The van der Waals surface area contributed by atoms with Gasteiger partial charge in [0.1, 0.15) is 5.76 Å². The second-order valence-corrected chi connectivity index (χ2v) is 6.19. The Morgan fingerprint density at radius 3 is 3.15 bits per heavy atom. The van der Waals surface area contributed by atoms with Gasteiger partial charge in [0.05, 0.1) is 24.5 Å². The van der Waals surface area contributed by atoms with E-state index in [2.05, 4.69) is 17.1 Å². The summed E-state index contributed by atoms with van der Waals surface area (Å²) in [7, 11) is 2.03. The van der Waals surface area contributed by atoms with E-state index in [1.807, 2.05) is 30.5 Å². The first-order valence-corrected chi connectivity index (χ1v) is 8.07. The predicted octanol–water partition coefficient (Wildman–Crippen LogP) is 3.36. The van der Waals surface area contributed by atoms with Crippen molar-refractivity contribution in [1.29, 1.82) is 0 Å². The Balaban J connectivity index is 1.83. The fourth-order valence-electron chi connectivity index (χ4n) is 2.73. The zero-order chi connectivity index (χ0) is 13.9. The first-order valence-electron chi connectivity index (χ1n) is 7.26. The average Bonchev–Trinajstić information content (AvgIpc) is 3.12. The van der Waals surface area contributed by atoms with Crippen molar-refractivity contribution in [2.24, 2.45) is 0 Å². The Labute approximate surface area is 123 Å². The predicted molar refractivity (Wildman–Crippen MR) is 82.3 cm³/mol. The number of aryl methyl sites for hydroxylation is 1. The Morgan fingerprint density at radius 2 is 2.45 bits per heavy atom. The van der Waals surface area contributed by atoms with Crippen LogP contribution in [0.1, 0.15) is 42.1 Å². The molecular formula is C15H21N3OS. The molecule has 3 rings (SSSR count). The number of hydrogen-bond acceptors (Lipinski definition) is 5. The van der Waals surface area contributed by atoms with Gasteiger partial charge in [-0.3, -0.25) is 0 Å². The largest absolute Gasteiger partial charge is 0.467 e. The molecule has 2 aromatic rings.